The number of carbonyl (C=O) groups is 5. The van der Waals surface area contributed by atoms with Crippen LogP contribution in [-0.2, 0) is 24.0 Å². The summed E-state index contributed by atoms with van der Waals surface area (Å²) in [6.07, 6.45) is 1.26. The summed E-state index contributed by atoms with van der Waals surface area (Å²) in [5.74, 6) is -5.06. The van der Waals surface area contributed by atoms with Crippen molar-refractivity contribution in [3.8, 4) is 0 Å². The topological polar surface area (TPSA) is 234 Å². The maximum absolute atomic E-state index is 13.0. The molecule has 0 aliphatic heterocycles. The lowest BCUT2D eigenvalue weighted by Gasteiger charge is -2.28. The third-order valence-electron chi connectivity index (χ3n) is 5.18. The Balaban J connectivity index is 5.44. The number of rotatable bonds is 17. The van der Waals surface area contributed by atoms with E-state index in [9.17, 15) is 24.0 Å². The second kappa shape index (κ2) is 15.9. The van der Waals surface area contributed by atoms with E-state index in [1.807, 2.05) is 0 Å². The van der Waals surface area contributed by atoms with Crippen molar-refractivity contribution in [2.45, 2.75) is 76.5 Å². The van der Waals surface area contributed by atoms with Crippen LogP contribution < -0.4 is 27.4 Å². The molecule has 0 aromatic heterocycles. The van der Waals surface area contributed by atoms with Crippen LogP contribution in [0.2, 0.25) is 0 Å². The maximum atomic E-state index is 13.0. The van der Waals surface area contributed by atoms with E-state index in [-0.39, 0.29) is 25.2 Å². The summed E-state index contributed by atoms with van der Waals surface area (Å²) in [5.41, 5.74) is 11.2. The molecule has 0 aromatic rings. The lowest BCUT2D eigenvalue weighted by molar-refractivity contribution is -0.143. The van der Waals surface area contributed by atoms with Gasteiger partial charge in [0.1, 0.15) is 18.1 Å². The van der Waals surface area contributed by atoms with Gasteiger partial charge in [-0.1, -0.05) is 20.3 Å². The van der Waals surface area contributed by atoms with Gasteiger partial charge in [0.25, 0.3) is 0 Å². The van der Waals surface area contributed by atoms with Crippen LogP contribution >= 0.6 is 0 Å². The van der Waals surface area contributed by atoms with Crippen LogP contribution in [0.25, 0.3) is 0 Å². The molecule has 0 rings (SSSR count). The predicted molar refractivity (Wildman–Crippen MR) is 118 cm³/mol. The summed E-state index contributed by atoms with van der Waals surface area (Å²) in [6, 6.07) is -4.86. The summed E-state index contributed by atoms with van der Waals surface area (Å²) < 4.78 is 0. The maximum Gasteiger partial charge on any atom is 0.328 e. The molecular weight excluding hydrogens is 438 g/mol. The summed E-state index contributed by atoms with van der Waals surface area (Å²) in [4.78, 5) is 59.8. The van der Waals surface area contributed by atoms with Crippen LogP contribution in [-0.4, -0.2) is 82.3 Å². The van der Waals surface area contributed by atoms with Crippen LogP contribution in [0.5, 0.6) is 0 Å². The van der Waals surface area contributed by atoms with Crippen molar-refractivity contribution >= 4 is 29.7 Å². The molecular formula is C20H37N5O8. The first-order valence-electron chi connectivity index (χ1n) is 10.9. The van der Waals surface area contributed by atoms with E-state index in [4.69, 9.17) is 26.8 Å². The number of unbranched alkanes of at least 4 members (excludes halogenated alkanes) is 1. The average molecular weight is 476 g/mol. The van der Waals surface area contributed by atoms with Crippen LogP contribution in [0.3, 0.4) is 0 Å². The first kappa shape index (κ1) is 30.2. The zero-order valence-corrected chi connectivity index (χ0v) is 19.1. The second-order valence-electron chi connectivity index (χ2n) is 7.84. The van der Waals surface area contributed by atoms with E-state index in [2.05, 4.69) is 16.0 Å². The first-order valence-corrected chi connectivity index (χ1v) is 10.9. The SMILES string of the molecule is CCC(C)C(NC(=O)C(N)CCC(=O)O)C(=O)NC(CCCCN)C(=O)NC(CO)C(=O)O. The van der Waals surface area contributed by atoms with Gasteiger partial charge < -0.3 is 42.7 Å². The number of hydrogen-bond acceptors (Lipinski definition) is 8. The number of nitrogens with one attached hydrogen (secondary N) is 3. The van der Waals surface area contributed by atoms with E-state index in [1.165, 1.54) is 0 Å². The molecule has 13 heteroatoms. The summed E-state index contributed by atoms with van der Waals surface area (Å²) >= 11 is 0. The number of nitrogens with two attached hydrogens (primary N) is 2. The van der Waals surface area contributed by atoms with Gasteiger partial charge in [0.15, 0.2) is 0 Å². The number of amides is 3. The molecule has 10 N–H and O–H groups in total. The number of carboxylic acid groups (broad SMARTS) is 2. The Bertz CT molecular complexity index is 675. The Hall–Kier alpha value is -2.77. The highest BCUT2D eigenvalue weighted by Crippen LogP contribution is 2.11. The predicted octanol–water partition coefficient (Wildman–Crippen LogP) is -2.12. The standard InChI is InChI=1S/C20H37N5O8/c1-3-11(2)16(25-17(29)12(22)7-8-15(27)28)19(31)23-13(6-4-5-9-21)18(30)24-14(10-26)20(32)33/h11-14,16,26H,3-10,21-22H2,1-2H3,(H,23,31)(H,24,30)(H,25,29)(H,27,28)(H,32,33). The number of carbonyl (C=O) groups excluding carboxylic acids is 3. The second-order valence-corrected chi connectivity index (χ2v) is 7.84. The molecule has 0 aliphatic carbocycles. The first-order chi connectivity index (χ1) is 15.5. The highest BCUT2D eigenvalue weighted by atomic mass is 16.4. The Labute approximate surface area is 192 Å². The molecule has 0 saturated carbocycles. The lowest BCUT2D eigenvalue weighted by Crippen LogP contribution is -2.58. The molecule has 0 spiro atoms. The van der Waals surface area contributed by atoms with Gasteiger partial charge in [-0.3, -0.25) is 19.2 Å². The van der Waals surface area contributed by atoms with Crippen LogP contribution in [0.15, 0.2) is 0 Å². The molecule has 33 heavy (non-hydrogen) atoms. The lowest BCUT2D eigenvalue weighted by atomic mass is 9.96. The molecule has 0 aromatic carbocycles. The fourth-order valence-electron chi connectivity index (χ4n) is 2.85. The quantitative estimate of drug-likeness (QED) is 0.106. The van der Waals surface area contributed by atoms with Crippen LogP contribution in [0.4, 0.5) is 0 Å². The van der Waals surface area contributed by atoms with Crippen molar-refractivity contribution in [1.82, 2.24) is 16.0 Å². The van der Waals surface area contributed by atoms with E-state index in [0.29, 0.717) is 25.8 Å². The van der Waals surface area contributed by atoms with Crippen molar-refractivity contribution in [3.63, 3.8) is 0 Å². The van der Waals surface area contributed by atoms with Gasteiger partial charge in [-0.05, 0) is 38.1 Å². The Morgan fingerprint density at radius 2 is 1.48 bits per heavy atom. The van der Waals surface area contributed by atoms with E-state index < -0.39 is 60.4 Å². The Morgan fingerprint density at radius 3 is 1.97 bits per heavy atom. The molecule has 0 bridgehead atoms. The number of aliphatic hydroxyl groups is 1. The minimum Gasteiger partial charge on any atom is -0.481 e. The largest absolute Gasteiger partial charge is 0.481 e. The highest BCUT2D eigenvalue weighted by molar-refractivity contribution is 5.94. The summed E-state index contributed by atoms with van der Waals surface area (Å²) in [7, 11) is 0. The fraction of sp³-hybridized carbons (Fsp3) is 0.750. The van der Waals surface area contributed by atoms with Gasteiger partial charge in [0, 0.05) is 6.42 Å². The van der Waals surface area contributed by atoms with Crippen LogP contribution in [0, 0.1) is 5.92 Å². The van der Waals surface area contributed by atoms with Crippen LogP contribution in [0.1, 0.15) is 52.4 Å². The van der Waals surface area contributed by atoms with Gasteiger partial charge in [-0.25, -0.2) is 4.79 Å². The van der Waals surface area contributed by atoms with Crippen molar-refractivity contribution < 1.29 is 39.3 Å². The molecule has 5 unspecified atom stereocenters. The van der Waals surface area contributed by atoms with Gasteiger partial charge in [-0.2, -0.15) is 0 Å². The van der Waals surface area contributed by atoms with Gasteiger partial charge in [0.05, 0.1) is 12.6 Å². The zero-order valence-electron chi connectivity index (χ0n) is 19.1. The number of carboxylic acids is 2. The highest BCUT2D eigenvalue weighted by Gasteiger charge is 2.32. The molecule has 0 heterocycles. The number of aliphatic carboxylic acids is 2. The third-order valence-corrected chi connectivity index (χ3v) is 5.18. The number of hydrogen-bond donors (Lipinski definition) is 8. The van der Waals surface area contributed by atoms with Crippen molar-refractivity contribution in [2.75, 3.05) is 13.2 Å². The minimum absolute atomic E-state index is 0.113. The molecule has 0 fully saturated rings. The van der Waals surface area contributed by atoms with E-state index in [1.54, 1.807) is 13.8 Å². The average Bonchev–Trinajstić information content (AvgIpc) is 2.77. The molecule has 190 valence electrons. The molecule has 5 atom stereocenters. The van der Waals surface area contributed by atoms with Crippen molar-refractivity contribution in [2.24, 2.45) is 17.4 Å². The minimum atomic E-state index is -1.54. The molecule has 3 amide bonds. The van der Waals surface area contributed by atoms with Crippen molar-refractivity contribution in [1.29, 1.82) is 0 Å². The van der Waals surface area contributed by atoms with Gasteiger partial charge in [-0.15, -0.1) is 0 Å². The molecule has 13 nitrogen and oxygen atoms in total. The Kier molecular flexibility index (Phi) is 14.6. The normalized spacial score (nSPS) is 15.4. The molecule has 0 radical (unpaired) electrons. The van der Waals surface area contributed by atoms with E-state index >= 15 is 0 Å². The van der Waals surface area contributed by atoms with Gasteiger partial charge >= 0.3 is 11.9 Å². The van der Waals surface area contributed by atoms with E-state index in [0.717, 1.165) is 0 Å². The zero-order chi connectivity index (χ0) is 25.6. The Morgan fingerprint density at radius 1 is 0.879 bits per heavy atom. The summed E-state index contributed by atoms with van der Waals surface area (Å²) in [5, 5.41) is 34.2. The smallest absolute Gasteiger partial charge is 0.328 e. The summed E-state index contributed by atoms with van der Waals surface area (Å²) in [6.45, 7) is 3.04. The molecule has 0 aliphatic rings. The molecule has 0 saturated heterocycles. The third kappa shape index (κ3) is 11.6. The van der Waals surface area contributed by atoms with Gasteiger partial charge in [0.2, 0.25) is 17.7 Å². The van der Waals surface area contributed by atoms with Crippen molar-refractivity contribution in [3.05, 3.63) is 0 Å². The fourth-order valence-corrected chi connectivity index (χ4v) is 2.85. The monoisotopic (exact) mass is 475 g/mol. The number of aliphatic hydroxyl groups excluding tert-OH is 1.